The van der Waals surface area contributed by atoms with Gasteiger partial charge in [-0.1, -0.05) is 74.5 Å². The van der Waals surface area contributed by atoms with Gasteiger partial charge in [-0.05, 0) is 47.5 Å². The third-order valence-corrected chi connectivity index (χ3v) is 6.46. The van der Waals surface area contributed by atoms with Gasteiger partial charge in [0, 0.05) is 5.41 Å². The topological polar surface area (TPSA) is 93.1 Å². The summed E-state index contributed by atoms with van der Waals surface area (Å²) in [5.41, 5.74) is 3.25. The van der Waals surface area contributed by atoms with Gasteiger partial charge in [-0.3, -0.25) is 4.79 Å². The Bertz CT molecular complexity index is 1580. The lowest BCUT2D eigenvalue weighted by Crippen LogP contribution is -2.18. The molecule has 0 aliphatic carbocycles. The maximum Gasteiger partial charge on any atom is 0.292 e. The van der Waals surface area contributed by atoms with E-state index in [1.165, 1.54) is 22.0 Å². The first-order valence-corrected chi connectivity index (χ1v) is 12.2. The second-order valence-electron chi connectivity index (χ2n) is 9.29. The normalized spacial score (nSPS) is 11.1. The van der Waals surface area contributed by atoms with Crippen LogP contribution in [0.4, 0.5) is 5.82 Å². The van der Waals surface area contributed by atoms with E-state index in [1.54, 1.807) is 12.1 Å². The van der Waals surface area contributed by atoms with Gasteiger partial charge in [0.2, 0.25) is 0 Å². The van der Waals surface area contributed by atoms with Crippen molar-refractivity contribution in [3.05, 3.63) is 131 Å². The van der Waals surface area contributed by atoms with Crippen LogP contribution in [0.5, 0.6) is 5.75 Å². The van der Waals surface area contributed by atoms with Gasteiger partial charge in [-0.15, -0.1) is 0 Å². The summed E-state index contributed by atoms with van der Waals surface area (Å²) in [5.74, 6) is 1.09. The Balaban J connectivity index is 1.24. The van der Waals surface area contributed by atoms with Crippen molar-refractivity contribution in [3.8, 4) is 17.5 Å². The Hall–Kier alpha value is -5.09. The van der Waals surface area contributed by atoms with E-state index in [0.717, 1.165) is 5.69 Å². The number of carbonyl (C=O) groups excluding carboxylic acids is 1. The number of furan rings is 1. The number of nitrogens with zero attached hydrogens (tertiary/aromatic N) is 3. The predicted octanol–water partition coefficient (Wildman–Crippen LogP) is 6.49. The summed E-state index contributed by atoms with van der Waals surface area (Å²) < 4.78 is 13.1. The fourth-order valence-corrected chi connectivity index (χ4v) is 4.21. The summed E-state index contributed by atoms with van der Waals surface area (Å²) in [7, 11) is 0. The molecule has 0 saturated carbocycles. The minimum absolute atomic E-state index is 0.105. The molecule has 38 heavy (non-hydrogen) atoms. The molecule has 0 fully saturated rings. The monoisotopic (exact) mass is 502 g/mol. The average Bonchev–Trinajstić information content (AvgIpc) is 3.60. The number of aromatic nitrogens is 2. The second kappa shape index (κ2) is 10.5. The molecule has 3 aromatic carbocycles. The van der Waals surface area contributed by atoms with E-state index >= 15 is 0 Å². The van der Waals surface area contributed by atoms with Crippen LogP contribution in [0.3, 0.4) is 0 Å². The number of hydrogen-bond donors (Lipinski definition) is 1. The van der Waals surface area contributed by atoms with E-state index in [4.69, 9.17) is 9.15 Å². The lowest BCUT2D eigenvalue weighted by atomic mass is 9.78. The molecule has 5 rings (SSSR count). The molecule has 0 aliphatic rings. The summed E-state index contributed by atoms with van der Waals surface area (Å²) in [6, 6.07) is 33.0. The number of amides is 1. The SMILES string of the molecule is CC(C)(c1ccccc1)c1ccc(OCc2ccc(C(=O)Nc3c(C#N)cnn3-c3ccccc3)o2)cc1. The molecule has 0 atom stereocenters. The van der Waals surface area contributed by atoms with Crippen molar-refractivity contribution in [2.75, 3.05) is 5.32 Å². The van der Waals surface area contributed by atoms with Crippen molar-refractivity contribution in [1.29, 1.82) is 5.26 Å². The number of carbonyl (C=O) groups is 1. The van der Waals surface area contributed by atoms with Crippen LogP contribution < -0.4 is 10.1 Å². The molecule has 0 saturated heterocycles. The number of benzene rings is 3. The van der Waals surface area contributed by atoms with Crippen molar-refractivity contribution in [2.24, 2.45) is 0 Å². The fraction of sp³-hybridized carbons (Fsp3) is 0.129. The second-order valence-corrected chi connectivity index (χ2v) is 9.29. The van der Waals surface area contributed by atoms with Crippen LogP contribution in [0.15, 0.2) is 108 Å². The molecule has 2 aromatic heterocycles. The molecule has 1 N–H and O–H groups in total. The number of rotatable bonds is 8. The van der Waals surface area contributed by atoms with E-state index in [2.05, 4.69) is 54.6 Å². The maximum atomic E-state index is 12.9. The highest BCUT2D eigenvalue weighted by atomic mass is 16.5. The van der Waals surface area contributed by atoms with Crippen LogP contribution in [-0.2, 0) is 12.0 Å². The van der Waals surface area contributed by atoms with E-state index in [0.29, 0.717) is 11.5 Å². The Labute approximate surface area is 220 Å². The van der Waals surface area contributed by atoms with Crippen molar-refractivity contribution in [1.82, 2.24) is 9.78 Å². The molecular formula is C31H26N4O3. The van der Waals surface area contributed by atoms with Gasteiger partial charge in [0.05, 0.1) is 11.9 Å². The summed E-state index contributed by atoms with van der Waals surface area (Å²) in [4.78, 5) is 12.9. The maximum absolute atomic E-state index is 12.9. The van der Waals surface area contributed by atoms with E-state index in [1.807, 2.05) is 60.7 Å². The zero-order valence-electron chi connectivity index (χ0n) is 21.1. The van der Waals surface area contributed by atoms with Crippen LogP contribution in [0.1, 0.15) is 46.9 Å². The van der Waals surface area contributed by atoms with Gasteiger partial charge < -0.3 is 14.5 Å². The minimum Gasteiger partial charge on any atom is -0.486 e. The Morgan fingerprint density at radius 1 is 0.947 bits per heavy atom. The number of nitrogens with one attached hydrogen (secondary N) is 1. The molecule has 0 bridgehead atoms. The summed E-state index contributed by atoms with van der Waals surface area (Å²) in [6.45, 7) is 4.56. The average molecular weight is 503 g/mol. The highest BCUT2D eigenvalue weighted by molar-refractivity contribution is 6.02. The molecule has 7 heteroatoms. The van der Waals surface area contributed by atoms with Crippen LogP contribution in [-0.4, -0.2) is 15.7 Å². The van der Waals surface area contributed by atoms with Crippen LogP contribution in [0.2, 0.25) is 0 Å². The number of hydrogen-bond acceptors (Lipinski definition) is 5. The lowest BCUT2D eigenvalue weighted by molar-refractivity contribution is 0.0992. The van der Waals surface area contributed by atoms with Crippen molar-refractivity contribution in [2.45, 2.75) is 25.9 Å². The van der Waals surface area contributed by atoms with E-state index in [-0.39, 0.29) is 29.2 Å². The highest BCUT2D eigenvalue weighted by Gasteiger charge is 2.23. The molecule has 2 heterocycles. The Morgan fingerprint density at radius 3 is 2.29 bits per heavy atom. The van der Waals surface area contributed by atoms with Gasteiger partial charge in [0.1, 0.15) is 29.7 Å². The Morgan fingerprint density at radius 2 is 1.61 bits per heavy atom. The lowest BCUT2D eigenvalue weighted by Gasteiger charge is -2.26. The van der Waals surface area contributed by atoms with Crippen molar-refractivity contribution < 1.29 is 13.9 Å². The zero-order chi connectivity index (χ0) is 26.5. The van der Waals surface area contributed by atoms with Crippen molar-refractivity contribution >= 4 is 11.7 Å². The standard InChI is InChI=1S/C31H26N4O3/c1-31(2,23-9-5-3-6-10-23)24-13-15-26(16-14-24)37-21-27-17-18-28(38-27)30(36)34-29-22(19-32)20-33-35(29)25-11-7-4-8-12-25/h3-18,20H,21H2,1-2H3,(H,34,36). The first-order chi connectivity index (χ1) is 18.5. The molecular weight excluding hydrogens is 476 g/mol. The number of nitriles is 1. The molecule has 188 valence electrons. The summed E-state index contributed by atoms with van der Waals surface area (Å²) in [6.07, 6.45) is 1.41. The summed E-state index contributed by atoms with van der Waals surface area (Å²) >= 11 is 0. The molecule has 5 aromatic rings. The van der Waals surface area contributed by atoms with Crippen LogP contribution >= 0.6 is 0 Å². The smallest absolute Gasteiger partial charge is 0.292 e. The first kappa shape index (κ1) is 24.6. The summed E-state index contributed by atoms with van der Waals surface area (Å²) in [5, 5.41) is 16.5. The zero-order valence-corrected chi connectivity index (χ0v) is 21.1. The fourth-order valence-electron chi connectivity index (χ4n) is 4.21. The predicted molar refractivity (Wildman–Crippen MR) is 144 cm³/mol. The third-order valence-electron chi connectivity index (χ3n) is 6.46. The first-order valence-electron chi connectivity index (χ1n) is 12.2. The van der Waals surface area contributed by atoms with Gasteiger partial charge >= 0.3 is 0 Å². The van der Waals surface area contributed by atoms with E-state index < -0.39 is 5.91 Å². The van der Waals surface area contributed by atoms with Crippen LogP contribution in [0.25, 0.3) is 5.69 Å². The molecule has 7 nitrogen and oxygen atoms in total. The van der Waals surface area contributed by atoms with Crippen molar-refractivity contribution in [3.63, 3.8) is 0 Å². The third kappa shape index (κ3) is 5.06. The number of ether oxygens (including phenoxy) is 1. The number of para-hydroxylation sites is 1. The largest absolute Gasteiger partial charge is 0.486 e. The Kier molecular flexibility index (Phi) is 6.79. The molecule has 1 amide bonds. The van der Waals surface area contributed by atoms with Crippen LogP contribution in [0, 0.1) is 11.3 Å². The molecule has 0 radical (unpaired) electrons. The molecule has 0 unspecified atom stereocenters. The van der Waals surface area contributed by atoms with Gasteiger partial charge in [0.15, 0.2) is 11.6 Å². The molecule has 0 aliphatic heterocycles. The minimum atomic E-state index is -0.488. The van der Waals surface area contributed by atoms with Gasteiger partial charge in [0.25, 0.3) is 5.91 Å². The number of anilines is 1. The van der Waals surface area contributed by atoms with E-state index in [9.17, 15) is 10.1 Å². The highest BCUT2D eigenvalue weighted by Crippen LogP contribution is 2.32. The van der Waals surface area contributed by atoms with Gasteiger partial charge in [-0.25, -0.2) is 4.68 Å². The van der Waals surface area contributed by atoms with Gasteiger partial charge in [-0.2, -0.15) is 10.4 Å². The quantitative estimate of drug-likeness (QED) is 0.262. The molecule has 0 spiro atoms.